The van der Waals surface area contributed by atoms with Crippen LogP contribution in [0.4, 0.5) is 0 Å². The van der Waals surface area contributed by atoms with E-state index in [4.69, 9.17) is 23.2 Å². The van der Waals surface area contributed by atoms with Crippen LogP contribution in [-0.4, -0.2) is 30.0 Å². The van der Waals surface area contributed by atoms with Gasteiger partial charge in [-0.2, -0.15) is 0 Å². The second-order valence-electron chi connectivity index (χ2n) is 4.43. The van der Waals surface area contributed by atoms with Crippen LogP contribution in [0.3, 0.4) is 0 Å². The fraction of sp³-hybridized carbons (Fsp3) is 0.417. The van der Waals surface area contributed by atoms with E-state index in [0.29, 0.717) is 18.0 Å². The summed E-state index contributed by atoms with van der Waals surface area (Å²) in [5.41, 5.74) is 1.70. The summed E-state index contributed by atoms with van der Waals surface area (Å²) in [4.78, 5) is 4.41. The van der Waals surface area contributed by atoms with Crippen molar-refractivity contribution in [3.8, 4) is 0 Å². The molecule has 104 valence electrons. The zero-order valence-corrected chi connectivity index (χ0v) is 12.8. The Morgan fingerprint density at radius 1 is 1.37 bits per heavy atom. The van der Waals surface area contributed by atoms with Crippen LogP contribution in [0.25, 0.3) is 11.0 Å². The molecule has 0 bridgehead atoms. The maximum absolute atomic E-state index is 11.2. The number of aryl methyl sites for hydroxylation is 1. The molecule has 0 unspecified atom stereocenters. The Balaban J connectivity index is 2.32. The highest BCUT2D eigenvalue weighted by molar-refractivity contribution is 7.90. The summed E-state index contributed by atoms with van der Waals surface area (Å²) in [6.07, 6.45) is 1.76. The van der Waals surface area contributed by atoms with E-state index in [1.54, 1.807) is 6.07 Å². The number of fused-ring (bicyclic) bond motifs is 1. The number of sulfone groups is 1. The number of hydrogen-bond donors (Lipinski definition) is 0. The second-order valence-corrected chi connectivity index (χ2v) is 7.39. The Morgan fingerprint density at radius 2 is 2.11 bits per heavy atom. The quantitative estimate of drug-likeness (QED) is 0.796. The summed E-state index contributed by atoms with van der Waals surface area (Å²) < 4.78 is 24.2. The minimum Gasteiger partial charge on any atom is -0.327 e. The van der Waals surface area contributed by atoms with Gasteiger partial charge < -0.3 is 4.57 Å². The number of aromatic nitrogens is 2. The topological polar surface area (TPSA) is 52.0 Å². The van der Waals surface area contributed by atoms with E-state index in [2.05, 4.69) is 4.98 Å². The first-order chi connectivity index (χ1) is 8.90. The number of rotatable bonds is 5. The Morgan fingerprint density at radius 3 is 2.74 bits per heavy atom. The number of halogens is 2. The molecule has 1 aromatic carbocycles. The number of benzene rings is 1. The fourth-order valence-corrected chi connectivity index (χ4v) is 3.01. The predicted octanol–water partition coefficient (Wildman–Crippen LogP) is 2.86. The molecule has 7 heteroatoms. The molecule has 0 fully saturated rings. The van der Waals surface area contributed by atoms with Crippen molar-refractivity contribution in [2.24, 2.45) is 0 Å². The summed E-state index contributed by atoms with van der Waals surface area (Å²) >= 11 is 11.9. The van der Waals surface area contributed by atoms with E-state index in [0.717, 1.165) is 16.9 Å². The Kier molecular flexibility index (Phi) is 4.38. The first-order valence-corrected chi connectivity index (χ1v) is 8.76. The van der Waals surface area contributed by atoms with Crippen molar-refractivity contribution in [2.45, 2.75) is 18.8 Å². The third kappa shape index (κ3) is 3.61. The van der Waals surface area contributed by atoms with Crippen LogP contribution in [0.5, 0.6) is 0 Å². The molecule has 0 N–H and O–H groups in total. The maximum atomic E-state index is 11.2. The van der Waals surface area contributed by atoms with Gasteiger partial charge in [0.1, 0.15) is 15.7 Å². The molecule has 0 radical (unpaired) electrons. The molecule has 0 aliphatic heterocycles. The van der Waals surface area contributed by atoms with E-state index >= 15 is 0 Å². The molecule has 1 heterocycles. The van der Waals surface area contributed by atoms with Crippen LogP contribution in [0.2, 0.25) is 5.02 Å². The van der Waals surface area contributed by atoms with Gasteiger partial charge in [0.05, 0.1) is 22.7 Å². The molecule has 0 saturated heterocycles. The molecule has 2 rings (SSSR count). The highest BCUT2D eigenvalue weighted by atomic mass is 35.5. The first-order valence-electron chi connectivity index (χ1n) is 5.79. The van der Waals surface area contributed by atoms with Crippen LogP contribution >= 0.6 is 23.2 Å². The van der Waals surface area contributed by atoms with Crippen molar-refractivity contribution in [2.75, 3.05) is 12.0 Å². The highest BCUT2D eigenvalue weighted by Crippen LogP contribution is 2.22. The van der Waals surface area contributed by atoms with Gasteiger partial charge in [0.25, 0.3) is 0 Å². The molecule has 0 aliphatic carbocycles. The average molecular weight is 321 g/mol. The third-order valence-electron chi connectivity index (χ3n) is 2.81. The molecule has 1 aromatic heterocycles. The molecule has 19 heavy (non-hydrogen) atoms. The van der Waals surface area contributed by atoms with Crippen LogP contribution in [0.1, 0.15) is 12.2 Å². The normalized spacial score (nSPS) is 12.2. The van der Waals surface area contributed by atoms with Gasteiger partial charge in [0, 0.05) is 17.8 Å². The van der Waals surface area contributed by atoms with Crippen molar-refractivity contribution in [1.29, 1.82) is 0 Å². The maximum Gasteiger partial charge on any atom is 0.147 e. The SMILES string of the molecule is CS(=O)(=O)CCCn1c(CCl)nc2ccc(Cl)cc21. The molecule has 4 nitrogen and oxygen atoms in total. The van der Waals surface area contributed by atoms with Crippen molar-refractivity contribution < 1.29 is 8.42 Å². The molecule has 0 amide bonds. The van der Waals surface area contributed by atoms with E-state index in [9.17, 15) is 8.42 Å². The standard InChI is InChI=1S/C12H14Cl2N2O2S/c1-19(17,18)6-2-5-16-11-7-9(14)3-4-10(11)15-12(16)8-13/h3-4,7H,2,5-6,8H2,1H3. The third-order valence-corrected chi connectivity index (χ3v) is 4.31. The summed E-state index contributed by atoms with van der Waals surface area (Å²) in [6.45, 7) is 0.561. The lowest BCUT2D eigenvalue weighted by atomic mass is 10.3. The van der Waals surface area contributed by atoms with Crippen molar-refractivity contribution in [1.82, 2.24) is 9.55 Å². The Bertz CT molecular complexity index is 695. The van der Waals surface area contributed by atoms with Crippen LogP contribution in [0.15, 0.2) is 18.2 Å². The Labute approximate surface area is 122 Å². The van der Waals surface area contributed by atoms with E-state index in [1.165, 1.54) is 6.26 Å². The van der Waals surface area contributed by atoms with E-state index in [-0.39, 0.29) is 11.6 Å². The van der Waals surface area contributed by atoms with Crippen LogP contribution < -0.4 is 0 Å². The molecule has 2 aromatic rings. The molecule has 0 atom stereocenters. The minimum atomic E-state index is -2.95. The van der Waals surface area contributed by atoms with Gasteiger partial charge in [-0.25, -0.2) is 13.4 Å². The minimum absolute atomic E-state index is 0.148. The predicted molar refractivity (Wildman–Crippen MR) is 78.6 cm³/mol. The van der Waals surface area contributed by atoms with E-state index < -0.39 is 9.84 Å². The lowest BCUT2D eigenvalue weighted by Gasteiger charge is -2.07. The van der Waals surface area contributed by atoms with Gasteiger partial charge in [-0.1, -0.05) is 11.6 Å². The molecule has 0 aliphatic rings. The Hall–Kier alpha value is -0.780. The number of hydrogen-bond acceptors (Lipinski definition) is 3. The summed E-state index contributed by atoms with van der Waals surface area (Å²) in [5, 5.41) is 0.623. The zero-order valence-electron chi connectivity index (χ0n) is 10.4. The first kappa shape index (κ1) is 14.6. The molecular formula is C12H14Cl2N2O2S. The van der Waals surface area contributed by atoms with Gasteiger partial charge in [-0.15, -0.1) is 11.6 Å². The van der Waals surface area contributed by atoms with Crippen molar-refractivity contribution >= 4 is 44.1 Å². The van der Waals surface area contributed by atoms with Gasteiger partial charge in [0.2, 0.25) is 0 Å². The molecule has 0 saturated carbocycles. The van der Waals surface area contributed by atoms with Gasteiger partial charge in [-0.05, 0) is 24.6 Å². The summed E-state index contributed by atoms with van der Waals surface area (Å²) in [5.74, 6) is 1.16. The summed E-state index contributed by atoms with van der Waals surface area (Å²) in [7, 11) is -2.95. The number of alkyl halides is 1. The van der Waals surface area contributed by atoms with Crippen molar-refractivity contribution in [3.63, 3.8) is 0 Å². The van der Waals surface area contributed by atoms with Crippen molar-refractivity contribution in [3.05, 3.63) is 29.0 Å². The van der Waals surface area contributed by atoms with Gasteiger partial charge >= 0.3 is 0 Å². The van der Waals surface area contributed by atoms with E-state index in [1.807, 2.05) is 16.7 Å². The van der Waals surface area contributed by atoms with Crippen LogP contribution in [0, 0.1) is 0 Å². The zero-order chi connectivity index (χ0) is 14.0. The highest BCUT2D eigenvalue weighted by Gasteiger charge is 2.11. The fourth-order valence-electron chi connectivity index (χ4n) is 1.98. The molecular weight excluding hydrogens is 307 g/mol. The second kappa shape index (κ2) is 5.69. The number of imidazole rings is 1. The summed E-state index contributed by atoms with van der Waals surface area (Å²) in [6, 6.07) is 5.43. The van der Waals surface area contributed by atoms with Gasteiger partial charge in [-0.3, -0.25) is 0 Å². The smallest absolute Gasteiger partial charge is 0.147 e. The van der Waals surface area contributed by atoms with Crippen LogP contribution in [-0.2, 0) is 22.3 Å². The molecule has 0 spiro atoms. The lowest BCUT2D eigenvalue weighted by Crippen LogP contribution is -2.09. The lowest BCUT2D eigenvalue weighted by molar-refractivity contribution is 0.591. The monoisotopic (exact) mass is 320 g/mol. The van der Waals surface area contributed by atoms with Gasteiger partial charge in [0.15, 0.2) is 0 Å². The average Bonchev–Trinajstić information content (AvgIpc) is 2.65. The number of nitrogens with zero attached hydrogens (tertiary/aromatic N) is 2. The largest absolute Gasteiger partial charge is 0.327 e.